The van der Waals surface area contributed by atoms with Crippen molar-refractivity contribution >= 4 is 28.2 Å². The number of nitrogens with zero attached hydrogens (tertiary/aromatic N) is 2. The number of anilines is 2. The maximum atomic E-state index is 13.0. The molecular weight excluding hydrogens is 502 g/mol. The fourth-order valence-electron chi connectivity index (χ4n) is 2.98. The van der Waals surface area contributed by atoms with Gasteiger partial charge in [-0.25, -0.2) is 4.79 Å². The number of methoxy groups -OCH3 is 2. The van der Waals surface area contributed by atoms with E-state index in [9.17, 15) is 31.1 Å². The largest absolute Gasteiger partial charge is 0.493 e. The number of aromatic nitrogens is 2. The Hall–Kier alpha value is -3.55. The summed E-state index contributed by atoms with van der Waals surface area (Å²) in [6.45, 7) is 0. The van der Waals surface area contributed by atoms with Gasteiger partial charge in [-0.05, 0) is 42.3 Å². The van der Waals surface area contributed by atoms with Gasteiger partial charge in [0.2, 0.25) is 5.13 Å². The molecule has 0 bridgehead atoms. The number of carbonyl (C=O) groups excluding carboxylic acids is 1. The smallest absolute Gasteiger partial charge is 0.416 e. The second-order valence-electron chi connectivity index (χ2n) is 7.06. The molecule has 14 heteroatoms. The predicted molar refractivity (Wildman–Crippen MR) is 116 cm³/mol. The zero-order valence-corrected chi connectivity index (χ0v) is 19.0. The molecule has 0 saturated carbocycles. The Bertz CT molecular complexity index is 1160. The third-order valence-corrected chi connectivity index (χ3v) is 5.51. The average molecular weight is 520 g/mol. The molecular formula is C21H18F6N4O3S. The highest BCUT2D eigenvalue weighted by Gasteiger charge is 2.37. The van der Waals surface area contributed by atoms with Crippen LogP contribution in [0.1, 0.15) is 21.7 Å². The van der Waals surface area contributed by atoms with E-state index in [1.54, 1.807) is 12.1 Å². The summed E-state index contributed by atoms with van der Waals surface area (Å²) in [4.78, 5) is 12.2. The van der Waals surface area contributed by atoms with Crippen LogP contribution in [0, 0.1) is 0 Å². The van der Waals surface area contributed by atoms with Crippen LogP contribution in [0.15, 0.2) is 36.4 Å². The molecule has 7 nitrogen and oxygen atoms in total. The number of aryl methyl sites for hydroxylation is 2. The van der Waals surface area contributed by atoms with E-state index in [0.29, 0.717) is 41.5 Å². The first-order valence-corrected chi connectivity index (χ1v) is 10.6. The van der Waals surface area contributed by atoms with Gasteiger partial charge in [0, 0.05) is 12.1 Å². The number of alkyl halides is 6. The Balaban J connectivity index is 1.64. The van der Waals surface area contributed by atoms with E-state index in [2.05, 4.69) is 15.5 Å². The maximum absolute atomic E-state index is 13.0. The van der Waals surface area contributed by atoms with Crippen LogP contribution in [-0.2, 0) is 25.2 Å². The minimum Gasteiger partial charge on any atom is -0.493 e. The number of amides is 2. The SMILES string of the molecule is COc1ccc(CCc2nnc(NC(=O)Nc3cc(C(F)(F)F)cc(C(F)(F)F)c3)s2)cc1OC. The number of urea groups is 1. The van der Waals surface area contributed by atoms with Crippen LogP contribution in [0.3, 0.4) is 0 Å². The van der Waals surface area contributed by atoms with E-state index < -0.39 is 35.2 Å². The lowest BCUT2D eigenvalue weighted by molar-refractivity contribution is -0.143. The van der Waals surface area contributed by atoms with Crippen molar-refractivity contribution < 1.29 is 40.6 Å². The molecule has 35 heavy (non-hydrogen) atoms. The molecule has 2 N–H and O–H groups in total. The van der Waals surface area contributed by atoms with Crippen LogP contribution in [0.5, 0.6) is 11.5 Å². The topological polar surface area (TPSA) is 85.4 Å². The molecule has 0 saturated heterocycles. The Morgan fingerprint density at radius 3 is 2.06 bits per heavy atom. The second-order valence-corrected chi connectivity index (χ2v) is 8.13. The number of hydrogen-bond acceptors (Lipinski definition) is 6. The lowest BCUT2D eigenvalue weighted by atomic mass is 10.1. The van der Waals surface area contributed by atoms with Gasteiger partial charge < -0.3 is 14.8 Å². The maximum Gasteiger partial charge on any atom is 0.416 e. The summed E-state index contributed by atoms with van der Waals surface area (Å²) >= 11 is 1.01. The standard InChI is InChI=1S/C21H18F6N4O3S/c1-33-15-5-3-11(7-16(15)34-2)4-6-17-30-31-19(35-17)29-18(32)28-14-9-12(20(22,23)24)8-13(10-14)21(25,26)27/h3,5,7-10H,4,6H2,1-2H3,(H2,28,29,31,32). The van der Waals surface area contributed by atoms with Crippen molar-refractivity contribution in [3.63, 3.8) is 0 Å². The number of carbonyl (C=O) groups is 1. The van der Waals surface area contributed by atoms with Crippen molar-refractivity contribution in [1.29, 1.82) is 0 Å². The number of ether oxygens (including phenoxy) is 2. The van der Waals surface area contributed by atoms with Crippen molar-refractivity contribution in [3.8, 4) is 11.5 Å². The first-order valence-electron chi connectivity index (χ1n) is 9.80. The molecule has 0 unspecified atom stereocenters. The zero-order chi connectivity index (χ0) is 25.8. The molecule has 188 valence electrons. The van der Waals surface area contributed by atoms with E-state index in [4.69, 9.17) is 9.47 Å². The Labute approximate surface area is 199 Å². The van der Waals surface area contributed by atoms with Crippen LogP contribution >= 0.6 is 11.3 Å². The second kappa shape index (κ2) is 10.4. The minimum atomic E-state index is -5.03. The summed E-state index contributed by atoms with van der Waals surface area (Å²) in [5.41, 5.74) is -2.84. The van der Waals surface area contributed by atoms with Crippen molar-refractivity contribution in [2.75, 3.05) is 24.9 Å². The van der Waals surface area contributed by atoms with Crippen LogP contribution in [0.4, 0.5) is 42.0 Å². The molecule has 0 radical (unpaired) electrons. The van der Waals surface area contributed by atoms with Crippen LogP contribution in [0.25, 0.3) is 0 Å². The molecule has 0 spiro atoms. The van der Waals surface area contributed by atoms with Gasteiger partial charge in [-0.15, -0.1) is 10.2 Å². The van der Waals surface area contributed by atoms with Crippen LogP contribution < -0.4 is 20.1 Å². The number of halogens is 6. The van der Waals surface area contributed by atoms with Gasteiger partial charge in [0.15, 0.2) is 11.5 Å². The minimum absolute atomic E-state index is 0.0211. The molecule has 2 aromatic carbocycles. The predicted octanol–water partition coefficient (Wildman–Crippen LogP) is 6.02. The van der Waals surface area contributed by atoms with E-state index in [1.807, 2.05) is 11.4 Å². The highest BCUT2D eigenvalue weighted by Crippen LogP contribution is 2.37. The molecule has 3 aromatic rings. The zero-order valence-electron chi connectivity index (χ0n) is 18.2. The van der Waals surface area contributed by atoms with Gasteiger partial charge in [0.1, 0.15) is 5.01 Å². The summed E-state index contributed by atoms with van der Waals surface area (Å²) in [7, 11) is 3.03. The molecule has 0 fully saturated rings. The highest BCUT2D eigenvalue weighted by molar-refractivity contribution is 7.15. The molecule has 0 atom stereocenters. The van der Waals surface area contributed by atoms with Crippen molar-refractivity contribution in [3.05, 3.63) is 58.1 Å². The Morgan fingerprint density at radius 1 is 0.857 bits per heavy atom. The molecule has 1 aromatic heterocycles. The summed E-state index contributed by atoms with van der Waals surface area (Å²) in [6, 6.07) is 5.12. The number of nitrogens with one attached hydrogen (secondary N) is 2. The Morgan fingerprint density at radius 2 is 1.49 bits per heavy atom. The lowest BCUT2D eigenvalue weighted by Crippen LogP contribution is -2.20. The number of rotatable bonds is 7. The molecule has 0 aliphatic rings. The summed E-state index contributed by atoms with van der Waals surface area (Å²) in [6.07, 6.45) is -9.04. The van der Waals surface area contributed by atoms with Gasteiger partial charge in [0.25, 0.3) is 0 Å². The van der Waals surface area contributed by atoms with Gasteiger partial charge in [0.05, 0.1) is 25.3 Å². The van der Waals surface area contributed by atoms with Crippen molar-refractivity contribution in [2.45, 2.75) is 25.2 Å². The van der Waals surface area contributed by atoms with Gasteiger partial charge in [-0.3, -0.25) is 5.32 Å². The third-order valence-electron chi connectivity index (χ3n) is 4.61. The van der Waals surface area contributed by atoms with Crippen molar-refractivity contribution in [1.82, 2.24) is 10.2 Å². The number of hydrogen-bond donors (Lipinski definition) is 2. The van der Waals surface area contributed by atoms with Crippen molar-refractivity contribution in [2.24, 2.45) is 0 Å². The van der Waals surface area contributed by atoms with Crippen LogP contribution in [-0.4, -0.2) is 30.4 Å². The van der Waals surface area contributed by atoms with Gasteiger partial charge in [-0.1, -0.05) is 17.4 Å². The molecule has 1 heterocycles. The lowest BCUT2D eigenvalue weighted by Gasteiger charge is -2.14. The van der Waals surface area contributed by atoms with Gasteiger partial charge >= 0.3 is 18.4 Å². The third kappa shape index (κ3) is 6.97. The number of benzene rings is 2. The molecule has 0 aliphatic carbocycles. The van der Waals surface area contributed by atoms with E-state index in [0.717, 1.165) is 16.9 Å². The quantitative estimate of drug-likeness (QED) is 0.372. The fraction of sp³-hybridized carbons (Fsp3) is 0.286. The van der Waals surface area contributed by atoms with Crippen LogP contribution in [0.2, 0.25) is 0 Å². The first kappa shape index (κ1) is 26.1. The average Bonchev–Trinajstić information content (AvgIpc) is 3.23. The van der Waals surface area contributed by atoms with E-state index in [-0.39, 0.29) is 11.2 Å². The first-order chi connectivity index (χ1) is 16.4. The summed E-state index contributed by atoms with van der Waals surface area (Å²) in [5, 5.41) is 12.5. The van der Waals surface area contributed by atoms with E-state index in [1.165, 1.54) is 14.2 Å². The van der Waals surface area contributed by atoms with Gasteiger partial charge in [-0.2, -0.15) is 26.3 Å². The highest BCUT2D eigenvalue weighted by atomic mass is 32.1. The summed E-state index contributed by atoms with van der Waals surface area (Å²) < 4.78 is 88.3. The normalized spacial score (nSPS) is 11.8. The molecule has 0 aliphatic heterocycles. The fourth-order valence-corrected chi connectivity index (χ4v) is 3.71. The molecule has 3 rings (SSSR count). The molecule has 2 amide bonds. The Kier molecular flexibility index (Phi) is 7.73. The van der Waals surface area contributed by atoms with E-state index >= 15 is 0 Å². The summed E-state index contributed by atoms with van der Waals surface area (Å²) in [5.74, 6) is 1.14. The monoisotopic (exact) mass is 520 g/mol.